The highest BCUT2D eigenvalue weighted by molar-refractivity contribution is 7.98. The maximum Gasteiger partial charge on any atom is 0.166 e. The third-order valence-electron chi connectivity index (χ3n) is 43.3. The molecular formula is C139H158S4+4. The highest BCUT2D eigenvalue weighted by Gasteiger charge is 2.60. The zero-order valence-corrected chi connectivity index (χ0v) is 88.6. The summed E-state index contributed by atoms with van der Waals surface area (Å²) in [5.41, 5.74) is 11.3. The number of rotatable bonds is 19. The van der Waals surface area contributed by atoms with E-state index in [0.29, 0.717) is 0 Å². The molecule has 29 unspecified atom stereocenters. The summed E-state index contributed by atoms with van der Waals surface area (Å²) in [6.45, 7) is 0. The van der Waals surface area contributed by atoms with Gasteiger partial charge in [-0.25, -0.2) is 0 Å². The number of benzene rings is 12. The Morgan fingerprint density at radius 3 is 0.573 bits per heavy atom. The van der Waals surface area contributed by atoms with E-state index in [9.17, 15) is 0 Å². The lowest BCUT2D eigenvalue weighted by atomic mass is 9.73. The van der Waals surface area contributed by atoms with E-state index >= 15 is 0 Å². The van der Waals surface area contributed by atoms with Crippen LogP contribution in [0, 0.1) is 130 Å². The average molecular weight is 1960 g/mol. The van der Waals surface area contributed by atoms with Crippen LogP contribution in [-0.2, 0) is 43.6 Å². The van der Waals surface area contributed by atoms with Crippen LogP contribution in [0.3, 0.4) is 0 Å². The van der Waals surface area contributed by atoms with Crippen molar-refractivity contribution in [3.63, 3.8) is 0 Å². The third kappa shape index (κ3) is 18.3. The smallest absolute Gasteiger partial charge is 0.0619 e. The third-order valence-corrected chi connectivity index (χ3v) is 52.3. The second-order valence-corrected chi connectivity index (χ2v) is 57.7. The van der Waals surface area contributed by atoms with Crippen LogP contribution in [0.2, 0.25) is 0 Å². The monoisotopic (exact) mass is 1960 g/mol. The summed E-state index contributed by atoms with van der Waals surface area (Å²) >= 11 is 0. The quantitative estimate of drug-likeness (QED) is 0.0708. The minimum Gasteiger partial charge on any atom is -0.0619 e. The summed E-state index contributed by atoms with van der Waals surface area (Å²) < 4.78 is 0. The van der Waals surface area contributed by atoms with Gasteiger partial charge in [-0.3, -0.25) is 0 Å². The van der Waals surface area contributed by atoms with Gasteiger partial charge in [0, 0.05) is 0 Å². The van der Waals surface area contributed by atoms with Crippen molar-refractivity contribution in [1.82, 2.24) is 0 Å². The molecule has 0 aromatic heterocycles. The summed E-state index contributed by atoms with van der Waals surface area (Å²) in [4.78, 5) is 17.4. The molecule has 0 nitrogen and oxygen atoms in total. The largest absolute Gasteiger partial charge is 0.166 e. The number of hydrogen-bond acceptors (Lipinski definition) is 0. The maximum atomic E-state index is 2.58. The van der Waals surface area contributed by atoms with E-state index in [2.05, 4.69) is 322 Å². The van der Waals surface area contributed by atoms with Gasteiger partial charge in [0.2, 0.25) is 0 Å². The molecule has 0 spiro atoms. The zero-order chi connectivity index (χ0) is 94.4. The lowest BCUT2D eigenvalue weighted by molar-refractivity contribution is 0.232. The number of fused-ring (bicyclic) bond motifs is 26. The normalized spacial score (nSPS) is 34.4. The standard InChI is InChI=1S/C48H57S.C37H43S.C28H29S.C26H29S/c1-4-37-31-22-43(46(25-31)40(37)7-1)28-10-16-34(17-11-28)49(35-18-12-29(13-19-35)44-23-32-26-47(44)41-8-2-5-38(32)41)36-20-14-30(15-21-36)45-24-33-27-48(45)42-9-3-6-39(33)42;1-2-8-31(9-3-1)38(32-18-14-26(15-19-32)29-13-12-25-6-4-7-28(25)22-29)33-20-16-27(17-21-33)36-23-30-24-37(36)35-11-5-10-34(30)35;1-3-8-22(9-4-1)29(23-10-5-2-6-11-23)24-16-14-20(15-17-24)27-18-21-19-28(27)26-13-7-12-25(21)26;1-2-6-12-22(13-7-3-1)23-18-20-26(21-19-23)27(24-14-8-4-9-15-24)25-16-10-5-11-17-25/h10-21,31-33,37-48H,1-9,22-27H2;1-3,8-9,14-21,25,28-30,34-37H,4-7,10-13,22-24H2;1-6,8-11,14-17,21,25-28H,7,12-13,18-19H2;4-5,8-11,14-22H,1-3,6-7,12-13H2/q4*+1. The van der Waals surface area contributed by atoms with Gasteiger partial charge in [0.05, 0.1) is 43.6 Å². The van der Waals surface area contributed by atoms with E-state index in [-0.39, 0.29) is 43.6 Å². The van der Waals surface area contributed by atoms with Crippen LogP contribution in [0.4, 0.5) is 0 Å². The second kappa shape index (κ2) is 41.5. The molecule has 18 aliphatic carbocycles. The molecule has 30 rings (SSSR count). The molecule has 18 fully saturated rings. The molecule has 0 amide bonds. The Morgan fingerprint density at radius 2 is 0.322 bits per heavy atom. The van der Waals surface area contributed by atoms with Gasteiger partial charge in [0.15, 0.2) is 58.7 Å². The molecule has 0 N–H and O–H groups in total. The van der Waals surface area contributed by atoms with E-state index in [1.54, 1.807) is 38.9 Å². The molecule has 29 atom stereocenters. The molecule has 12 aromatic carbocycles. The molecule has 10 bridgehead atoms. The summed E-state index contributed by atoms with van der Waals surface area (Å²) in [5.74, 6) is 28.3. The highest BCUT2D eigenvalue weighted by Crippen LogP contribution is 2.69. The van der Waals surface area contributed by atoms with Crippen LogP contribution in [0.1, 0.15) is 324 Å². The van der Waals surface area contributed by atoms with Gasteiger partial charge in [-0.2, -0.15) is 0 Å². The van der Waals surface area contributed by atoms with Crippen molar-refractivity contribution in [2.75, 3.05) is 0 Å². The summed E-state index contributed by atoms with van der Waals surface area (Å²) in [6, 6.07) is 125. The fourth-order valence-electron chi connectivity index (χ4n) is 37.5. The lowest BCUT2D eigenvalue weighted by Crippen LogP contribution is -2.23. The summed E-state index contributed by atoms with van der Waals surface area (Å²) in [7, 11) is -0.175. The van der Waals surface area contributed by atoms with Gasteiger partial charge in [-0.15, -0.1) is 0 Å². The minimum atomic E-state index is -0.0622. The molecule has 18 aliphatic rings. The first kappa shape index (κ1) is 93.6. The van der Waals surface area contributed by atoms with E-state index in [4.69, 9.17) is 0 Å². The molecular weight excluding hydrogens is 1800 g/mol. The van der Waals surface area contributed by atoms with Crippen molar-refractivity contribution in [2.45, 2.75) is 344 Å². The van der Waals surface area contributed by atoms with Crippen LogP contribution in [-0.4, -0.2) is 0 Å². The fraction of sp³-hybridized carbons (Fsp3) is 0.482. The molecule has 0 aliphatic heterocycles. The van der Waals surface area contributed by atoms with Gasteiger partial charge in [0.1, 0.15) is 0 Å². The van der Waals surface area contributed by atoms with E-state index in [1.807, 2.05) is 0 Å². The van der Waals surface area contributed by atoms with Gasteiger partial charge >= 0.3 is 0 Å². The first-order valence-corrected chi connectivity index (χ1v) is 63.7. The minimum absolute atomic E-state index is 0.0305. The predicted molar refractivity (Wildman–Crippen MR) is 597 cm³/mol. The van der Waals surface area contributed by atoms with Crippen molar-refractivity contribution in [2.24, 2.45) is 130 Å². The highest BCUT2D eigenvalue weighted by atomic mass is 32.2. The molecule has 12 aromatic rings. The Bertz CT molecular complexity index is 5930. The predicted octanol–water partition coefficient (Wildman–Crippen LogP) is 37.3. The Hall–Kier alpha value is -7.96. The molecule has 0 heterocycles. The maximum absolute atomic E-state index is 2.58. The van der Waals surface area contributed by atoms with Crippen molar-refractivity contribution in [3.8, 4) is 0 Å². The Kier molecular flexibility index (Phi) is 27.2. The van der Waals surface area contributed by atoms with Gasteiger partial charge < -0.3 is 0 Å². The fourth-order valence-corrected chi connectivity index (χ4v) is 45.7. The molecule has 143 heavy (non-hydrogen) atoms. The first-order valence-electron chi connectivity index (χ1n) is 58.8. The lowest BCUT2D eigenvalue weighted by Gasteiger charge is -2.32. The van der Waals surface area contributed by atoms with Crippen LogP contribution >= 0.6 is 0 Å². The summed E-state index contributed by atoms with van der Waals surface area (Å²) in [6.07, 6.45) is 56.1. The van der Waals surface area contributed by atoms with Crippen molar-refractivity contribution >= 4 is 43.6 Å². The van der Waals surface area contributed by atoms with Crippen LogP contribution in [0.15, 0.2) is 380 Å². The Morgan fingerprint density at radius 1 is 0.119 bits per heavy atom. The van der Waals surface area contributed by atoms with Gasteiger partial charge in [-0.05, 0) is 517 Å². The van der Waals surface area contributed by atoms with Crippen LogP contribution in [0.25, 0.3) is 0 Å². The zero-order valence-electron chi connectivity index (χ0n) is 85.3. The first-order chi connectivity index (χ1) is 70.9. The number of hydrogen-bond donors (Lipinski definition) is 0. The Labute approximate surface area is 871 Å². The van der Waals surface area contributed by atoms with E-state index < -0.39 is 0 Å². The van der Waals surface area contributed by atoms with Crippen molar-refractivity contribution < 1.29 is 0 Å². The molecule has 18 saturated carbocycles. The van der Waals surface area contributed by atoms with Crippen molar-refractivity contribution in [1.29, 1.82) is 0 Å². The SMILES string of the molecule is c1cc([S+](c2ccc(C3CC4CC3C3CCCC43)cc2)c2ccc(C3CC4CC3C3CCCC43)cc2)ccc1C1CC2CC1C1CCCC21.c1ccc([S+](c2ccc(C3CCC4CCCC4C3)cc2)c2ccc(C3CC4CC3C3CCCC43)cc2)cc1.c1ccc([S+](c2ccccc2)c2ccc(C3CC4CC3C3CCCC43)cc2)cc1.c1ccc([S+](c2ccccc2)c2ccc(C3CCCCCCC3)cc2)cc1. The van der Waals surface area contributed by atoms with Crippen molar-refractivity contribution in [3.05, 3.63) is 360 Å². The molecule has 4 heteroatoms. The van der Waals surface area contributed by atoms with E-state index in [0.717, 1.165) is 172 Å². The summed E-state index contributed by atoms with van der Waals surface area (Å²) in [5, 5.41) is 0. The Balaban J connectivity index is 0.0000000980. The van der Waals surface area contributed by atoms with Gasteiger partial charge in [0.25, 0.3) is 0 Å². The second-order valence-electron chi connectivity index (χ2n) is 49.6. The molecule has 734 valence electrons. The van der Waals surface area contributed by atoms with Crippen LogP contribution in [0.5, 0.6) is 0 Å². The molecule has 0 saturated heterocycles. The topological polar surface area (TPSA) is 0 Å². The van der Waals surface area contributed by atoms with Crippen LogP contribution < -0.4 is 0 Å². The average Bonchev–Trinajstić information content (AvgIpc) is 1.60. The van der Waals surface area contributed by atoms with E-state index in [1.165, 1.54) is 303 Å². The molecule has 0 radical (unpaired) electrons. The van der Waals surface area contributed by atoms with Gasteiger partial charge in [-0.1, -0.05) is 259 Å².